The molecule has 0 atom stereocenters. The van der Waals surface area contributed by atoms with Crippen LogP contribution in [0.25, 0.3) is 6.08 Å². The van der Waals surface area contributed by atoms with E-state index in [0.29, 0.717) is 16.4 Å². The molecule has 0 aliphatic carbocycles. The number of carbonyl (C=O) groups excluding carboxylic acids is 1. The summed E-state index contributed by atoms with van der Waals surface area (Å²) in [5.41, 5.74) is 0.696. The first kappa shape index (κ1) is 16.5. The minimum absolute atomic E-state index is 0.166. The smallest absolute Gasteiger partial charge is 0.246 e. The topological polar surface area (TPSA) is 29.5 Å². The Morgan fingerprint density at radius 3 is 2.77 bits per heavy atom. The SMILES string of the molecule is COc1ccc(CN(C)C(=O)/C=C/c2ccc(Cl)s2)cc1F. The van der Waals surface area contributed by atoms with Crippen LogP contribution in [0.5, 0.6) is 5.75 Å². The van der Waals surface area contributed by atoms with Gasteiger partial charge in [-0.25, -0.2) is 4.39 Å². The maximum atomic E-state index is 13.6. The Morgan fingerprint density at radius 1 is 1.41 bits per heavy atom. The van der Waals surface area contributed by atoms with Crippen molar-refractivity contribution in [1.82, 2.24) is 4.90 Å². The van der Waals surface area contributed by atoms with Crippen molar-refractivity contribution in [2.75, 3.05) is 14.2 Å². The van der Waals surface area contributed by atoms with Crippen molar-refractivity contribution >= 4 is 34.9 Å². The lowest BCUT2D eigenvalue weighted by Crippen LogP contribution is -2.24. The number of ether oxygens (including phenoxy) is 1. The first-order valence-electron chi connectivity index (χ1n) is 6.50. The molecule has 1 aromatic carbocycles. The molecular formula is C16H15ClFNO2S. The molecule has 0 N–H and O–H groups in total. The molecular weight excluding hydrogens is 325 g/mol. The van der Waals surface area contributed by atoms with Gasteiger partial charge in [0, 0.05) is 24.5 Å². The van der Waals surface area contributed by atoms with Gasteiger partial charge >= 0.3 is 0 Å². The summed E-state index contributed by atoms with van der Waals surface area (Å²) in [6.07, 6.45) is 3.19. The molecule has 2 aromatic rings. The van der Waals surface area contributed by atoms with Gasteiger partial charge in [-0.05, 0) is 35.9 Å². The molecule has 1 heterocycles. The zero-order valence-electron chi connectivity index (χ0n) is 12.2. The molecule has 0 aliphatic heterocycles. The third kappa shape index (κ3) is 4.32. The number of carbonyl (C=O) groups is 1. The van der Waals surface area contributed by atoms with Crippen LogP contribution in [0.4, 0.5) is 4.39 Å². The van der Waals surface area contributed by atoms with Crippen molar-refractivity contribution in [2.45, 2.75) is 6.54 Å². The normalized spacial score (nSPS) is 10.9. The Hall–Kier alpha value is -1.85. The van der Waals surface area contributed by atoms with E-state index in [2.05, 4.69) is 0 Å². The third-order valence-electron chi connectivity index (χ3n) is 3.00. The number of likely N-dealkylation sites (N-methyl/N-ethyl adjacent to an activating group) is 1. The van der Waals surface area contributed by atoms with E-state index >= 15 is 0 Å². The molecule has 1 amide bonds. The Morgan fingerprint density at radius 2 is 2.18 bits per heavy atom. The fraction of sp³-hybridized carbons (Fsp3) is 0.188. The molecule has 0 spiro atoms. The molecule has 0 bridgehead atoms. The summed E-state index contributed by atoms with van der Waals surface area (Å²) in [5.74, 6) is -0.419. The predicted octanol–water partition coefficient (Wildman–Crippen LogP) is 4.22. The van der Waals surface area contributed by atoms with Crippen LogP contribution in [-0.4, -0.2) is 25.0 Å². The Kier molecular flexibility index (Phi) is 5.57. The standard InChI is InChI=1S/C16H15ClFNO2S/c1-19(10-11-3-6-14(21-2)13(18)9-11)16(20)8-5-12-4-7-15(17)22-12/h3-9H,10H2,1-2H3/b8-5+. The maximum absolute atomic E-state index is 13.6. The molecule has 22 heavy (non-hydrogen) atoms. The van der Waals surface area contributed by atoms with Gasteiger partial charge in [-0.15, -0.1) is 11.3 Å². The number of halogens is 2. The fourth-order valence-corrected chi connectivity index (χ4v) is 2.82. The molecule has 3 nitrogen and oxygen atoms in total. The van der Waals surface area contributed by atoms with E-state index in [4.69, 9.17) is 16.3 Å². The summed E-state index contributed by atoms with van der Waals surface area (Å²) in [6, 6.07) is 8.27. The lowest BCUT2D eigenvalue weighted by Gasteiger charge is -2.15. The molecule has 0 saturated heterocycles. The highest BCUT2D eigenvalue weighted by Crippen LogP contribution is 2.22. The number of rotatable bonds is 5. The van der Waals surface area contributed by atoms with Crippen molar-refractivity contribution < 1.29 is 13.9 Å². The average molecular weight is 340 g/mol. The van der Waals surface area contributed by atoms with Gasteiger partial charge in [-0.1, -0.05) is 17.7 Å². The second-order valence-electron chi connectivity index (χ2n) is 4.64. The second kappa shape index (κ2) is 7.42. The first-order valence-corrected chi connectivity index (χ1v) is 7.70. The van der Waals surface area contributed by atoms with E-state index in [9.17, 15) is 9.18 Å². The van der Waals surface area contributed by atoms with Gasteiger partial charge in [-0.2, -0.15) is 0 Å². The van der Waals surface area contributed by atoms with Crippen LogP contribution in [0.15, 0.2) is 36.4 Å². The van der Waals surface area contributed by atoms with E-state index in [-0.39, 0.29) is 11.7 Å². The number of nitrogens with zero attached hydrogens (tertiary/aromatic N) is 1. The van der Waals surface area contributed by atoms with Crippen molar-refractivity contribution in [3.8, 4) is 5.75 Å². The summed E-state index contributed by atoms with van der Waals surface area (Å²) in [4.78, 5) is 14.4. The quantitative estimate of drug-likeness (QED) is 0.763. The number of benzene rings is 1. The summed E-state index contributed by atoms with van der Waals surface area (Å²) in [6.45, 7) is 0.315. The Balaban J connectivity index is 1.99. The molecule has 1 aromatic heterocycles. The van der Waals surface area contributed by atoms with Gasteiger partial charge in [0.2, 0.25) is 5.91 Å². The van der Waals surface area contributed by atoms with Crippen LogP contribution in [-0.2, 0) is 11.3 Å². The summed E-state index contributed by atoms with van der Waals surface area (Å²) in [7, 11) is 3.07. The number of hydrogen-bond acceptors (Lipinski definition) is 3. The highest BCUT2D eigenvalue weighted by atomic mass is 35.5. The average Bonchev–Trinajstić information content (AvgIpc) is 2.90. The lowest BCUT2D eigenvalue weighted by atomic mass is 10.2. The Bertz CT molecular complexity index is 699. The maximum Gasteiger partial charge on any atom is 0.246 e. The lowest BCUT2D eigenvalue weighted by molar-refractivity contribution is -0.125. The van der Waals surface area contributed by atoms with Gasteiger partial charge in [-0.3, -0.25) is 4.79 Å². The summed E-state index contributed by atoms with van der Waals surface area (Å²) < 4.78 is 19.2. The Labute approximate surface area is 137 Å². The molecule has 0 aliphatic rings. The van der Waals surface area contributed by atoms with Gasteiger partial charge < -0.3 is 9.64 Å². The monoisotopic (exact) mass is 339 g/mol. The molecule has 6 heteroatoms. The highest BCUT2D eigenvalue weighted by Gasteiger charge is 2.09. The number of thiophene rings is 1. The van der Waals surface area contributed by atoms with Crippen LogP contribution in [0, 0.1) is 5.82 Å². The molecule has 2 rings (SSSR count). The van der Waals surface area contributed by atoms with Crippen molar-refractivity contribution in [3.63, 3.8) is 0 Å². The largest absolute Gasteiger partial charge is 0.494 e. The van der Waals surface area contributed by atoms with E-state index < -0.39 is 5.82 Å². The van der Waals surface area contributed by atoms with E-state index in [1.807, 2.05) is 6.07 Å². The molecule has 0 radical (unpaired) electrons. The van der Waals surface area contributed by atoms with Crippen LogP contribution >= 0.6 is 22.9 Å². The molecule has 116 valence electrons. The molecule has 0 unspecified atom stereocenters. The summed E-state index contributed by atoms with van der Waals surface area (Å²) in [5, 5.41) is 0. The number of hydrogen-bond donors (Lipinski definition) is 0. The van der Waals surface area contributed by atoms with Crippen LogP contribution < -0.4 is 4.74 Å². The minimum Gasteiger partial charge on any atom is -0.494 e. The van der Waals surface area contributed by atoms with Gasteiger partial charge in [0.15, 0.2) is 11.6 Å². The predicted molar refractivity (Wildman–Crippen MR) is 87.8 cm³/mol. The second-order valence-corrected chi connectivity index (χ2v) is 6.39. The van der Waals surface area contributed by atoms with Crippen molar-refractivity contribution in [2.24, 2.45) is 0 Å². The van der Waals surface area contributed by atoms with Crippen molar-refractivity contribution in [1.29, 1.82) is 0 Å². The van der Waals surface area contributed by atoms with E-state index in [1.165, 1.54) is 35.5 Å². The third-order valence-corrected chi connectivity index (χ3v) is 4.19. The first-order chi connectivity index (χ1) is 10.5. The zero-order chi connectivity index (χ0) is 16.1. The van der Waals surface area contributed by atoms with E-state index in [1.54, 1.807) is 31.3 Å². The van der Waals surface area contributed by atoms with Gasteiger partial charge in [0.1, 0.15) is 0 Å². The number of amides is 1. The zero-order valence-corrected chi connectivity index (χ0v) is 13.7. The van der Waals surface area contributed by atoms with Crippen LogP contribution in [0.1, 0.15) is 10.4 Å². The molecule has 0 saturated carbocycles. The fourth-order valence-electron chi connectivity index (χ4n) is 1.86. The van der Waals surface area contributed by atoms with Crippen LogP contribution in [0.2, 0.25) is 4.34 Å². The van der Waals surface area contributed by atoms with Gasteiger partial charge in [0.25, 0.3) is 0 Å². The van der Waals surface area contributed by atoms with Crippen LogP contribution in [0.3, 0.4) is 0 Å². The van der Waals surface area contributed by atoms with Gasteiger partial charge in [0.05, 0.1) is 11.4 Å². The minimum atomic E-state index is -0.440. The number of methoxy groups -OCH3 is 1. The van der Waals surface area contributed by atoms with E-state index in [0.717, 1.165) is 4.88 Å². The van der Waals surface area contributed by atoms with Crippen molar-refractivity contribution in [3.05, 3.63) is 57.0 Å². The highest BCUT2D eigenvalue weighted by molar-refractivity contribution is 7.17. The molecule has 0 fully saturated rings. The summed E-state index contributed by atoms with van der Waals surface area (Å²) >= 11 is 7.22.